The summed E-state index contributed by atoms with van der Waals surface area (Å²) < 4.78 is 5.18. The molecule has 1 N–H and O–H groups in total. The minimum Gasteiger partial charge on any atom is -0.472 e. The SMILES string of the molecule is CCNC(c1ccoc1)c1cccc(CC)c1. The molecule has 0 saturated heterocycles. The summed E-state index contributed by atoms with van der Waals surface area (Å²) in [7, 11) is 0. The molecule has 0 fully saturated rings. The maximum atomic E-state index is 5.18. The average Bonchev–Trinajstić information content (AvgIpc) is 2.89. The highest BCUT2D eigenvalue weighted by Gasteiger charge is 2.13. The molecule has 90 valence electrons. The van der Waals surface area contributed by atoms with Gasteiger partial charge in [-0.25, -0.2) is 0 Å². The Hall–Kier alpha value is -1.54. The van der Waals surface area contributed by atoms with E-state index in [0.717, 1.165) is 13.0 Å². The molecule has 0 saturated carbocycles. The Morgan fingerprint density at radius 2 is 2.06 bits per heavy atom. The van der Waals surface area contributed by atoms with Gasteiger partial charge in [0.05, 0.1) is 18.6 Å². The number of furan rings is 1. The van der Waals surface area contributed by atoms with Crippen molar-refractivity contribution in [2.24, 2.45) is 0 Å². The lowest BCUT2D eigenvalue weighted by Crippen LogP contribution is -2.21. The molecule has 0 aliphatic rings. The predicted molar refractivity (Wildman–Crippen MR) is 70.0 cm³/mol. The summed E-state index contributed by atoms with van der Waals surface area (Å²) in [4.78, 5) is 0. The number of aryl methyl sites for hydroxylation is 1. The van der Waals surface area contributed by atoms with E-state index in [2.05, 4.69) is 43.4 Å². The molecule has 1 unspecified atom stereocenters. The van der Waals surface area contributed by atoms with Gasteiger partial charge in [0.25, 0.3) is 0 Å². The van der Waals surface area contributed by atoms with Gasteiger partial charge in [0.15, 0.2) is 0 Å². The van der Waals surface area contributed by atoms with Crippen molar-refractivity contribution >= 4 is 0 Å². The van der Waals surface area contributed by atoms with Crippen molar-refractivity contribution in [1.29, 1.82) is 0 Å². The van der Waals surface area contributed by atoms with Crippen molar-refractivity contribution < 1.29 is 4.42 Å². The Bertz CT molecular complexity index is 448. The highest BCUT2D eigenvalue weighted by Crippen LogP contribution is 2.23. The molecule has 1 aromatic heterocycles. The van der Waals surface area contributed by atoms with Crippen LogP contribution in [0, 0.1) is 0 Å². The standard InChI is InChI=1S/C15H19NO/c1-3-12-6-5-7-13(10-12)15(16-4-2)14-8-9-17-11-14/h5-11,15-16H,3-4H2,1-2H3. The molecule has 0 radical (unpaired) electrons. The van der Waals surface area contributed by atoms with E-state index < -0.39 is 0 Å². The van der Waals surface area contributed by atoms with Gasteiger partial charge in [-0.05, 0) is 30.2 Å². The molecule has 2 nitrogen and oxygen atoms in total. The molecular weight excluding hydrogens is 210 g/mol. The number of nitrogens with one attached hydrogen (secondary N) is 1. The number of rotatable bonds is 5. The first-order valence-electron chi connectivity index (χ1n) is 6.19. The van der Waals surface area contributed by atoms with Gasteiger partial charge < -0.3 is 9.73 Å². The summed E-state index contributed by atoms with van der Waals surface area (Å²) in [5.41, 5.74) is 3.85. The average molecular weight is 229 g/mol. The van der Waals surface area contributed by atoms with Gasteiger partial charge in [-0.2, -0.15) is 0 Å². The fourth-order valence-electron chi connectivity index (χ4n) is 2.06. The molecule has 0 aliphatic carbocycles. The Balaban J connectivity index is 2.32. The third-order valence-electron chi connectivity index (χ3n) is 2.98. The van der Waals surface area contributed by atoms with E-state index >= 15 is 0 Å². The van der Waals surface area contributed by atoms with Gasteiger partial charge in [-0.15, -0.1) is 0 Å². The largest absolute Gasteiger partial charge is 0.472 e. The van der Waals surface area contributed by atoms with Crippen LogP contribution in [0.1, 0.15) is 36.6 Å². The maximum absolute atomic E-state index is 5.18. The second-order valence-corrected chi connectivity index (χ2v) is 4.15. The molecule has 2 aromatic rings. The van der Waals surface area contributed by atoms with Crippen LogP contribution in [0.15, 0.2) is 47.3 Å². The van der Waals surface area contributed by atoms with E-state index in [1.807, 2.05) is 12.3 Å². The number of hydrogen-bond donors (Lipinski definition) is 1. The normalized spacial score (nSPS) is 12.6. The summed E-state index contributed by atoms with van der Waals surface area (Å²) >= 11 is 0. The van der Waals surface area contributed by atoms with Gasteiger partial charge in [-0.3, -0.25) is 0 Å². The van der Waals surface area contributed by atoms with Crippen LogP contribution in [0.5, 0.6) is 0 Å². The predicted octanol–water partition coefficient (Wildman–Crippen LogP) is 3.54. The van der Waals surface area contributed by atoms with Gasteiger partial charge >= 0.3 is 0 Å². The fraction of sp³-hybridized carbons (Fsp3) is 0.333. The monoisotopic (exact) mass is 229 g/mol. The first-order valence-corrected chi connectivity index (χ1v) is 6.19. The highest BCUT2D eigenvalue weighted by atomic mass is 16.3. The lowest BCUT2D eigenvalue weighted by molar-refractivity contribution is 0.553. The summed E-state index contributed by atoms with van der Waals surface area (Å²) in [6, 6.07) is 11.0. The van der Waals surface area contributed by atoms with E-state index in [9.17, 15) is 0 Å². The van der Waals surface area contributed by atoms with Gasteiger partial charge in [0.2, 0.25) is 0 Å². The molecule has 0 bridgehead atoms. The zero-order valence-electron chi connectivity index (χ0n) is 10.4. The zero-order valence-corrected chi connectivity index (χ0v) is 10.4. The van der Waals surface area contributed by atoms with Crippen molar-refractivity contribution in [3.05, 3.63) is 59.5 Å². The van der Waals surface area contributed by atoms with Crippen molar-refractivity contribution in [3.63, 3.8) is 0 Å². The second-order valence-electron chi connectivity index (χ2n) is 4.15. The molecule has 0 spiro atoms. The molecule has 1 aromatic carbocycles. The molecule has 2 rings (SSSR count). The first kappa shape index (κ1) is 11.9. The first-order chi connectivity index (χ1) is 8.35. The minimum atomic E-state index is 0.227. The number of hydrogen-bond acceptors (Lipinski definition) is 2. The van der Waals surface area contributed by atoms with Crippen LogP contribution in [-0.4, -0.2) is 6.54 Å². The Labute approximate surface area is 103 Å². The quantitative estimate of drug-likeness (QED) is 0.848. The Morgan fingerprint density at radius 3 is 2.71 bits per heavy atom. The van der Waals surface area contributed by atoms with Gasteiger partial charge in [-0.1, -0.05) is 38.1 Å². The van der Waals surface area contributed by atoms with E-state index in [1.54, 1.807) is 6.26 Å². The van der Waals surface area contributed by atoms with Crippen molar-refractivity contribution in [2.45, 2.75) is 26.3 Å². The van der Waals surface area contributed by atoms with E-state index in [0.29, 0.717) is 0 Å². The van der Waals surface area contributed by atoms with Crippen LogP contribution in [0.3, 0.4) is 0 Å². The molecule has 2 heteroatoms. The van der Waals surface area contributed by atoms with Crippen LogP contribution in [0.4, 0.5) is 0 Å². The molecular formula is C15H19NO. The highest BCUT2D eigenvalue weighted by molar-refractivity contribution is 5.32. The molecule has 0 aliphatic heterocycles. The summed E-state index contributed by atoms with van der Waals surface area (Å²) in [5, 5.41) is 3.49. The van der Waals surface area contributed by atoms with E-state index in [4.69, 9.17) is 4.42 Å². The maximum Gasteiger partial charge on any atom is 0.0953 e. The smallest absolute Gasteiger partial charge is 0.0953 e. The molecule has 17 heavy (non-hydrogen) atoms. The van der Waals surface area contributed by atoms with Crippen LogP contribution in [0.2, 0.25) is 0 Å². The van der Waals surface area contributed by atoms with Crippen molar-refractivity contribution in [3.8, 4) is 0 Å². The second kappa shape index (κ2) is 5.69. The van der Waals surface area contributed by atoms with Crippen LogP contribution < -0.4 is 5.32 Å². The van der Waals surface area contributed by atoms with Crippen molar-refractivity contribution in [1.82, 2.24) is 5.32 Å². The van der Waals surface area contributed by atoms with Gasteiger partial charge in [0.1, 0.15) is 0 Å². The third-order valence-corrected chi connectivity index (χ3v) is 2.98. The van der Waals surface area contributed by atoms with E-state index in [1.165, 1.54) is 16.7 Å². The third kappa shape index (κ3) is 2.77. The lowest BCUT2D eigenvalue weighted by Gasteiger charge is -2.17. The lowest BCUT2D eigenvalue weighted by atomic mass is 9.98. The van der Waals surface area contributed by atoms with Crippen molar-refractivity contribution in [2.75, 3.05) is 6.54 Å². The van der Waals surface area contributed by atoms with Crippen LogP contribution in [0.25, 0.3) is 0 Å². The topological polar surface area (TPSA) is 25.2 Å². The Kier molecular flexibility index (Phi) is 3.99. The minimum absolute atomic E-state index is 0.227. The number of benzene rings is 1. The van der Waals surface area contributed by atoms with E-state index in [-0.39, 0.29) is 6.04 Å². The summed E-state index contributed by atoms with van der Waals surface area (Å²) in [5.74, 6) is 0. The summed E-state index contributed by atoms with van der Waals surface area (Å²) in [6.07, 6.45) is 4.60. The Morgan fingerprint density at radius 1 is 1.18 bits per heavy atom. The molecule has 1 heterocycles. The van der Waals surface area contributed by atoms with Crippen LogP contribution >= 0.6 is 0 Å². The summed E-state index contributed by atoms with van der Waals surface area (Å²) in [6.45, 7) is 5.24. The molecule has 1 atom stereocenters. The fourth-order valence-corrected chi connectivity index (χ4v) is 2.06. The van der Waals surface area contributed by atoms with Crippen LogP contribution in [-0.2, 0) is 6.42 Å². The molecule has 0 amide bonds. The zero-order chi connectivity index (χ0) is 12.1. The van der Waals surface area contributed by atoms with Gasteiger partial charge in [0, 0.05) is 5.56 Å².